The summed E-state index contributed by atoms with van der Waals surface area (Å²) in [5.41, 5.74) is 1.16. The molecule has 24 heavy (non-hydrogen) atoms. The third-order valence-corrected chi connectivity index (χ3v) is 3.60. The molecule has 0 saturated carbocycles. The van der Waals surface area contributed by atoms with Gasteiger partial charge in [-0.3, -0.25) is 4.79 Å². The monoisotopic (exact) mass is 347 g/mol. The molecule has 0 atom stereocenters. The van der Waals surface area contributed by atoms with Crippen molar-refractivity contribution < 1.29 is 13.9 Å². The van der Waals surface area contributed by atoms with E-state index in [2.05, 4.69) is 12.2 Å². The summed E-state index contributed by atoms with van der Waals surface area (Å²) in [5, 5.41) is 2.91. The van der Waals surface area contributed by atoms with E-state index in [-0.39, 0.29) is 10.8 Å². The third-order valence-electron chi connectivity index (χ3n) is 3.31. The van der Waals surface area contributed by atoms with Gasteiger partial charge in [0.05, 0.1) is 11.6 Å². The molecule has 0 radical (unpaired) electrons. The Balaban J connectivity index is 1.90. The molecule has 1 N–H and O–H groups in total. The van der Waals surface area contributed by atoms with Gasteiger partial charge < -0.3 is 10.1 Å². The number of carbonyl (C=O) groups is 1. The van der Waals surface area contributed by atoms with E-state index in [1.165, 1.54) is 24.4 Å². The third kappa shape index (κ3) is 5.39. The van der Waals surface area contributed by atoms with Gasteiger partial charge in [-0.1, -0.05) is 24.9 Å². The van der Waals surface area contributed by atoms with Gasteiger partial charge in [-0.25, -0.2) is 4.39 Å². The minimum Gasteiger partial charge on any atom is -0.494 e. The topological polar surface area (TPSA) is 38.3 Å². The van der Waals surface area contributed by atoms with Crippen LogP contribution in [0.4, 0.5) is 10.1 Å². The quantitative estimate of drug-likeness (QED) is 0.391. The molecule has 5 heteroatoms. The van der Waals surface area contributed by atoms with Gasteiger partial charge in [0.1, 0.15) is 11.6 Å². The molecular formula is C19H19ClFNO2. The number of carbonyl (C=O) groups excluding carboxylic acids is 1. The Hall–Kier alpha value is -2.33. The Morgan fingerprint density at radius 3 is 2.67 bits per heavy atom. The molecule has 0 bridgehead atoms. The zero-order chi connectivity index (χ0) is 17.4. The lowest BCUT2D eigenvalue weighted by atomic mass is 10.1. The number of rotatable bonds is 8. The van der Waals surface area contributed by atoms with Crippen LogP contribution in [-0.4, -0.2) is 12.4 Å². The summed E-state index contributed by atoms with van der Waals surface area (Å²) in [6.45, 7) is 2.78. The van der Waals surface area contributed by atoms with E-state index in [1.807, 2.05) is 0 Å². The van der Waals surface area contributed by atoms with Crippen molar-refractivity contribution in [3.8, 4) is 5.75 Å². The van der Waals surface area contributed by atoms with Gasteiger partial charge in [0.25, 0.3) is 0 Å². The predicted octanol–water partition coefficient (Wildman–Crippen LogP) is 5.47. The van der Waals surface area contributed by atoms with Crippen LogP contribution in [0.2, 0.25) is 5.02 Å². The lowest BCUT2D eigenvalue weighted by molar-refractivity contribution is 0.104. The minimum atomic E-state index is -0.483. The number of nitrogens with one attached hydrogen (secondary N) is 1. The molecular weight excluding hydrogens is 329 g/mol. The molecule has 0 unspecified atom stereocenters. The van der Waals surface area contributed by atoms with E-state index in [0.29, 0.717) is 17.9 Å². The number of ether oxygens (including phenoxy) is 1. The number of anilines is 1. The van der Waals surface area contributed by atoms with E-state index < -0.39 is 5.82 Å². The van der Waals surface area contributed by atoms with E-state index >= 15 is 0 Å². The molecule has 0 aliphatic carbocycles. The summed E-state index contributed by atoms with van der Waals surface area (Å²) in [6, 6.07) is 11.3. The van der Waals surface area contributed by atoms with Gasteiger partial charge in [0, 0.05) is 23.5 Å². The first-order valence-electron chi connectivity index (χ1n) is 7.75. The Labute approximate surface area is 146 Å². The highest BCUT2D eigenvalue weighted by Gasteiger charge is 2.03. The highest BCUT2D eigenvalue weighted by Crippen LogP contribution is 2.19. The Morgan fingerprint density at radius 2 is 2.00 bits per heavy atom. The van der Waals surface area contributed by atoms with Gasteiger partial charge in [-0.05, 0) is 48.9 Å². The van der Waals surface area contributed by atoms with Crippen LogP contribution < -0.4 is 10.1 Å². The molecule has 0 aromatic heterocycles. The first-order chi connectivity index (χ1) is 11.6. The summed E-state index contributed by atoms with van der Waals surface area (Å²) in [6.07, 6.45) is 4.98. The zero-order valence-electron chi connectivity index (χ0n) is 13.4. The Bertz CT molecular complexity index is 714. The normalized spacial score (nSPS) is 10.8. The van der Waals surface area contributed by atoms with Crippen molar-refractivity contribution in [1.29, 1.82) is 0 Å². The first kappa shape index (κ1) is 18.0. The lowest BCUT2D eigenvalue weighted by Crippen LogP contribution is -1.99. The van der Waals surface area contributed by atoms with Crippen LogP contribution in [0, 0.1) is 5.82 Å². The number of unbranched alkanes of at least 4 members (excludes halogenated alkanes) is 1. The maximum absolute atomic E-state index is 13.1. The molecule has 0 fully saturated rings. The Morgan fingerprint density at radius 1 is 1.25 bits per heavy atom. The van der Waals surface area contributed by atoms with E-state index in [4.69, 9.17) is 16.3 Å². The molecule has 0 amide bonds. The highest BCUT2D eigenvalue weighted by molar-refractivity contribution is 6.31. The van der Waals surface area contributed by atoms with Crippen LogP contribution in [0.3, 0.4) is 0 Å². The summed E-state index contributed by atoms with van der Waals surface area (Å²) in [5.74, 6) is 0.127. The fourth-order valence-electron chi connectivity index (χ4n) is 1.95. The number of hydrogen-bond donors (Lipinski definition) is 1. The van der Waals surface area contributed by atoms with Crippen LogP contribution in [0.5, 0.6) is 5.75 Å². The van der Waals surface area contributed by atoms with Gasteiger partial charge in [0.15, 0.2) is 5.78 Å². The molecule has 2 aromatic carbocycles. The van der Waals surface area contributed by atoms with Crippen molar-refractivity contribution in [2.24, 2.45) is 0 Å². The fraction of sp³-hybridized carbons (Fsp3) is 0.211. The molecule has 3 nitrogen and oxygen atoms in total. The van der Waals surface area contributed by atoms with E-state index in [9.17, 15) is 9.18 Å². The maximum Gasteiger partial charge on any atom is 0.187 e. The summed E-state index contributed by atoms with van der Waals surface area (Å²) in [4.78, 5) is 12.1. The van der Waals surface area contributed by atoms with Crippen molar-refractivity contribution >= 4 is 23.1 Å². The second kappa shape index (κ2) is 9.08. The number of halogens is 2. The van der Waals surface area contributed by atoms with Crippen LogP contribution in [0.1, 0.15) is 30.1 Å². The van der Waals surface area contributed by atoms with Crippen molar-refractivity contribution in [3.63, 3.8) is 0 Å². The smallest absolute Gasteiger partial charge is 0.187 e. The van der Waals surface area contributed by atoms with E-state index in [1.54, 1.807) is 30.3 Å². The average Bonchev–Trinajstić information content (AvgIpc) is 2.59. The summed E-state index contributed by atoms with van der Waals surface area (Å²) in [7, 11) is 0. The maximum atomic E-state index is 13.1. The molecule has 0 heterocycles. The average molecular weight is 348 g/mol. The van der Waals surface area contributed by atoms with Crippen molar-refractivity contribution in [2.75, 3.05) is 11.9 Å². The standard InChI is InChI=1S/C19H19ClFNO2/c1-2-3-12-24-16-7-4-14(5-8-16)19(23)10-11-22-15-6-9-18(21)17(20)13-15/h4-11,13,22H,2-3,12H2,1H3/b11-10+. The summed E-state index contributed by atoms with van der Waals surface area (Å²) < 4.78 is 18.6. The minimum absolute atomic E-state index is 0.0263. The molecule has 0 aliphatic rings. The highest BCUT2D eigenvalue weighted by atomic mass is 35.5. The molecule has 0 saturated heterocycles. The summed E-state index contributed by atoms with van der Waals surface area (Å²) >= 11 is 5.69. The molecule has 2 rings (SSSR count). The molecule has 0 spiro atoms. The lowest BCUT2D eigenvalue weighted by Gasteiger charge is -2.05. The first-order valence-corrected chi connectivity index (χ1v) is 8.13. The molecule has 0 aliphatic heterocycles. The second-order valence-corrected chi connectivity index (χ2v) is 5.60. The number of benzene rings is 2. The fourth-order valence-corrected chi connectivity index (χ4v) is 2.13. The number of hydrogen-bond acceptors (Lipinski definition) is 3. The van der Waals surface area contributed by atoms with Crippen molar-refractivity contribution in [3.05, 3.63) is 71.1 Å². The van der Waals surface area contributed by atoms with Crippen LogP contribution >= 0.6 is 11.6 Å². The van der Waals surface area contributed by atoms with E-state index in [0.717, 1.165) is 18.6 Å². The number of ketones is 1. The molecule has 2 aromatic rings. The van der Waals surface area contributed by atoms with Crippen molar-refractivity contribution in [2.45, 2.75) is 19.8 Å². The van der Waals surface area contributed by atoms with Crippen LogP contribution in [0.15, 0.2) is 54.7 Å². The van der Waals surface area contributed by atoms with Gasteiger partial charge in [-0.2, -0.15) is 0 Å². The van der Waals surface area contributed by atoms with Crippen molar-refractivity contribution in [1.82, 2.24) is 0 Å². The predicted molar refractivity (Wildman–Crippen MR) is 95.3 cm³/mol. The number of allylic oxidation sites excluding steroid dienone is 1. The van der Waals surface area contributed by atoms with Crippen LogP contribution in [0.25, 0.3) is 0 Å². The Kier molecular flexibility index (Phi) is 6.82. The van der Waals surface area contributed by atoms with Crippen LogP contribution in [-0.2, 0) is 0 Å². The largest absolute Gasteiger partial charge is 0.494 e. The zero-order valence-corrected chi connectivity index (χ0v) is 14.1. The van der Waals surface area contributed by atoms with Gasteiger partial charge in [-0.15, -0.1) is 0 Å². The molecule has 126 valence electrons. The second-order valence-electron chi connectivity index (χ2n) is 5.20. The SMILES string of the molecule is CCCCOc1ccc(C(=O)/C=C/Nc2ccc(F)c(Cl)c2)cc1. The van der Waals surface area contributed by atoms with Gasteiger partial charge >= 0.3 is 0 Å². The van der Waals surface area contributed by atoms with Gasteiger partial charge in [0.2, 0.25) is 0 Å².